The molecule has 2 aliphatic rings. The number of Topliss-reactive ketones (excluding diaryl/α,β-unsaturated/α-hetero) is 1. The largest absolute Gasteiger partial charge is 0.343 e. The first-order valence-corrected chi connectivity index (χ1v) is 11.2. The van der Waals surface area contributed by atoms with Gasteiger partial charge in [-0.15, -0.1) is 0 Å². The van der Waals surface area contributed by atoms with E-state index in [9.17, 15) is 9.59 Å². The highest BCUT2D eigenvalue weighted by Gasteiger charge is 2.61. The molecule has 162 valence electrons. The Labute approximate surface area is 188 Å². The van der Waals surface area contributed by atoms with E-state index in [-0.39, 0.29) is 29.6 Å². The van der Waals surface area contributed by atoms with Gasteiger partial charge in [0.05, 0.1) is 24.6 Å². The zero-order chi connectivity index (χ0) is 22.8. The molecule has 0 N–H and O–H groups in total. The zero-order valence-corrected chi connectivity index (χ0v) is 19.2. The molecule has 0 spiro atoms. The lowest BCUT2D eigenvalue weighted by atomic mass is 9.49. The molecule has 10 heteroatoms. The van der Waals surface area contributed by atoms with Crippen LogP contribution in [0.1, 0.15) is 48.7 Å². The lowest BCUT2D eigenvalue weighted by Gasteiger charge is -2.27. The minimum atomic E-state index is -0.139. The van der Waals surface area contributed by atoms with Crippen LogP contribution < -0.4 is 0 Å². The molecular weight excluding hydrogens is 402 g/mol. The van der Waals surface area contributed by atoms with Gasteiger partial charge in [0.2, 0.25) is 5.91 Å². The number of hydrogen-bond donors (Lipinski definition) is 0. The van der Waals surface area contributed by atoms with Gasteiger partial charge >= 0.3 is 0 Å². The molecule has 0 bridgehead atoms. The van der Waals surface area contributed by atoms with Crippen molar-refractivity contribution in [2.45, 2.75) is 59.1 Å². The number of likely N-dealkylation sites (tertiary alicyclic amines) is 1. The Hall–Kier alpha value is -3.03. The first-order valence-electron chi connectivity index (χ1n) is 11.2. The number of fused-ring (bicyclic) bond motifs is 2. The number of ketones is 1. The molecular formula is C22H26B2N6O2. The molecule has 1 saturated carbocycles. The maximum atomic E-state index is 13.4. The molecule has 5 rings (SSSR count). The van der Waals surface area contributed by atoms with Crippen LogP contribution in [0.15, 0.2) is 18.5 Å². The lowest BCUT2D eigenvalue weighted by Crippen LogP contribution is -2.43. The van der Waals surface area contributed by atoms with Crippen molar-refractivity contribution >= 4 is 37.5 Å². The SMILES string of the molecule is BB[C@@H]1C[C@@]2(C)C[C@H]2N1C(=O)Cn1nc(C(C)=O)c2cc(-c3cnc(C)nc3)nc(C)c21. The molecule has 4 heterocycles. The third-order valence-electron chi connectivity index (χ3n) is 7.09. The fourth-order valence-electron chi connectivity index (χ4n) is 5.30. The number of amides is 1. The first-order chi connectivity index (χ1) is 15.2. The first kappa shape index (κ1) is 20.8. The number of aromatic nitrogens is 5. The van der Waals surface area contributed by atoms with Crippen LogP contribution in [-0.2, 0) is 11.3 Å². The summed E-state index contributed by atoms with van der Waals surface area (Å²) in [6, 6.07) is 2.19. The molecule has 1 aliphatic carbocycles. The van der Waals surface area contributed by atoms with E-state index in [1.807, 2.05) is 19.9 Å². The summed E-state index contributed by atoms with van der Waals surface area (Å²) in [5, 5.41) is 5.27. The molecule has 3 aromatic heterocycles. The maximum Gasteiger partial charge on any atom is 0.244 e. The molecule has 1 aliphatic heterocycles. The molecule has 2 fully saturated rings. The normalized spacial score (nSPS) is 23.9. The van der Waals surface area contributed by atoms with Crippen LogP contribution in [0.3, 0.4) is 0 Å². The van der Waals surface area contributed by atoms with Gasteiger partial charge < -0.3 is 4.90 Å². The maximum absolute atomic E-state index is 13.4. The van der Waals surface area contributed by atoms with E-state index in [0.717, 1.165) is 36.8 Å². The van der Waals surface area contributed by atoms with E-state index in [2.05, 4.69) is 34.6 Å². The molecule has 1 amide bonds. The Kier molecular flexibility index (Phi) is 4.72. The van der Waals surface area contributed by atoms with Crippen LogP contribution in [-0.4, -0.2) is 68.2 Å². The molecule has 32 heavy (non-hydrogen) atoms. The van der Waals surface area contributed by atoms with Crippen LogP contribution in [0.4, 0.5) is 0 Å². The fourth-order valence-corrected chi connectivity index (χ4v) is 5.30. The van der Waals surface area contributed by atoms with E-state index in [1.165, 1.54) is 6.92 Å². The molecule has 0 aromatic carbocycles. The number of nitrogens with zero attached hydrogens (tertiary/aromatic N) is 6. The molecule has 0 radical (unpaired) electrons. The highest BCUT2D eigenvalue weighted by molar-refractivity contribution is 6.90. The molecule has 8 nitrogen and oxygen atoms in total. The Morgan fingerprint density at radius 2 is 1.97 bits per heavy atom. The summed E-state index contributed by atoms with van der Waals surface area (Å²) in [5.74, 6) is 0.896. The zero-order valence-electron chi connectivity index (χ0n) is 19.2. The van der Waals surface area contributed by atoms with E-state index in [0.29, 0.717) is 28.6 Å². The Balaban J connectivity index is 1.55. The highest BCUT2D eigenvalue weighted by Crippen LogP contribution is 2.58. The number of rotatable bonds is 5. The van der Waals surface area contributed by atoms with Crippen molar-refractivity contribution in [2.75, 3.05) is 0 Å². The average molecular weight is 428 g/mol. The van der Waals surface area contributed by atoms with Crippen LogP contribution >= 0.6 is 0 Å². The quantitative estimate of drug-likeness (QED) is 0.445. The summed E-state index contributed by atoms with van der Waals surface area (Å²) in [4.78, 5) is 41.1. The highest BCUT2D eigenvalue weighted by atomic mass is 16.2. The van der Waals surface area contributed by atoms with Gasteiger partial charge in [-0.2, -0.15) is 5.10 Å². The van der Waals surface area contributed by atoms with Gasteiger partial charge in [-0.25, -0.2) is 9.97 Å². The molecule has 0 unspecified atom stereocenters. The molecule has 3 atom stereocenters. The van der Waals surface area contributed by atoms with E-state index >= 15 is 0 Å². The summed E-state index contributed by atoms with van der Waals surface area (Å²) in [7, 11) is 3.10. The topological polar surface area (TPSA) is 93.9 Å². The van der Waals surface area contributed by atoms with Crippen molar-refractivity contribution in [1.82, 2.24) is 29.6 Å². The van der Waals surface area contributed by atoms with Crippen LogP contribution in [0, 0.1) is 19.3 Å². The summed E-state index contributed by atoms with van der Waals surface area (Å²) >= 11 is 0. The van der Waals surface area contributed by atoms with Gasteiger partial charge in [0.1, 0.15) is 25.2 Å². The number of carbonyl (C=O) groups is 2. The molecule has 3 aromatic rings. The van der Waals surface area contributed by atoms with Gasteiger partial charge in [-0.05, 0) is 44.1 Å². The van der Waals surface area contributed by atoms with Crippen molar-refractivity contribution in [2.24, 2.45) is 5.41 Å². The summed E-state index contributed by atoms with van der Waals surface area (Å²) < 4.78 is 1.66. The number of hydrogen-bond acceptors (Lipinski definition) is 6. The van der Waals surface area contributed by atoms with Crippen molar-refractivity contribution < 1.29 is 9.59 Å². The second-order valence-electron chi connectivity index (χ2n) is 9.51. The Morgan fingerprint density at radius 1 is 1.25 bits per heavy atom. The predicted molar refractivity (Wildman–Crippen MR) is 125 cm³/mol. The van der Waals surface area contributed by atoms with E-state index in [1.54, 1.807) is 17.1 Å². The lowest BCUT2D eigenvalue weighted by molar-refractivity contribution is -0.132. The monoisotopic (exact) mass is 428 g/mol. The van der Waals surface area contributed by atoms with Gasteiger partial charge in [0.15, 0.2) is 5.78 Å². The van der Waals surface area contributed by atoms with Gasteiger partial charge in [-0.1, -0.05) is 6.92 Å². The average Bonchev–Trinajstić information content (AvgIpc) is 3.11. The van der Waals surface area contributed by atoms with Crippen molar-refractivity contribution in [3.05, 3.63) is 35.7 Å². The Morgan fingerprint density at radius 3 is 2.62 bits per heavy atom. The van der Waals surface area contributed by atoms with Crippen molar-refractivity contribution in [3.8, 4) is 11.3 Å². The van der Waals surface area contributed by atoms with Gasteiger partial charge in [0.25, 0.3) is 0 Å². The third-order valence-corrected chi connectivity index (χ3v) is 7.09. The summed E-state index contributed by atoms with van der Waals surface area (Å²) in [6.45, 7) is 7.60. The van der Waals surface area contributed by atoms with E-state index < -0.39 is 0 Å². The van der Waals surface area contributed by atoms with Crippen LogP contribution in [0.5, 0.6) is 0 Å². The van der Waals surface area contributed by atoms with Gasteiger partial charge in [0, 0.05) is 36.3 Å². The number of carbonyl (C=O) groups excluding carboxylic acids is 2. The van der Waals surface area contributed by atoms with Crippen molar-refractivity contribution in [3.63, 3.8) is 0 Å². The van der Waals surface area contributed by atoms with Gasteiger partial charge in [-0.3, -0.25) is 19.3 Å². The number of pyridine rings is 1. The fraction of sp³-hybridized carbons (Fsp3) is 0.455. The number of piperidine rings is 1. The smallest absolute Gasteiger partial charge is 0.244 e. The summed E-state index contributed by atoms with van der Waals surface area (Å²) in [5.41, 5.74) is 3.53. The predicted octanol–water partition coefficient (Wildman–Crippen LogP) is 1.03. The second-order valence-corrected chi connectivity index (χ2v) is 9.51. The minimum Gasteiger partial charge on any atom is -0.343 e. The second kappa shape index (κ2) is 7.25. The summed E-state index contributed by atoms with van der Waals surface area (Å²) in [6.07, 6.45) is 5.60. The van der Waals surface area contributed by atoms with Crippen molar-refractivity contribution in [1.29, 1.82) is 0 Å². The van der Waals surface area contributed by atoms with Crippen LogP contribution in [0.25, 0.3) is 22.2 Å². The van der Waals surface area contributed by atoms with Crippen LogP contribution in [0.2, 0.25) is 0 Å². The van der Waals surface area contributed by atoms with E-state index in [4.69, 9.17) is 4.98 Å². The third kappa shape index (κ3) is 3.24. The molecule has 1 saturated heterocycles. The Bertz CT molecular complexity index is 1260. The minimum absolute atomic E-state index is 0.0676. The standard InChI is InChI=1S/C22H26B2N6O2/c1-11-21-15(5-16(27-11)14-8-25-13(3)26-9-14)20(12(2)31)28-29(21)10-19(32)30-17-6-22(17,4)7-18(30)24-23/h5,8-9,17-18,24H,6-7,10,23H2,1-4H3/t17-,18+,22-/m1/s1. The number of aryl methyl sites for hydroxylation is 2.